The SMILES string of the molecule is CCn1cnc(NC(=O)c2cc3c(nc2OC)nc(C(N)(c2ccsc2)c2ccsc2)n3CC)n1. The first-order chi connectivity index (χ1) is 17.0. The van der Waals surface area contributed by atoms with Crippen molar-refractivity contribution in [3.63, 3.8) is 0 Å². The van der Waals surface area contributed by atoms with Crippen LogP contribution in [-0.2, 0) is 18.6 Å². The van der Waals surface area contributed by atoms with Crippen LogP contribution in [0.25, 0.3) is 11.2 Å². The molecule has 1 amide bonds. The summed E-state index contributed by atoms with van der Waals surface area (Å²) < 4.78 is 9.08. The summed E-state index contributed by atoms with van der Waals surface area (Å²) in [6, 6.07) is 5.75. The Labute approximate surface area is 209 Å². The topological polar surface area (TPSA) is 126 Å². The minimum absolute atomic E-state index is 0.158. The van der Waals surface area contributed by atoms with Crippen molar-refractivity contribution in [3.8, 4) is 5.88 Å². The second-order valence-corrected chi connectivity index (χ2v) is 9.34. The van der Waals surface area contributed by atoms with E-state index in [0.717, 1.165) is 11.1 Å². The second-order valence-electron chi connectivity index (χ2n) is 7.78. The molecule has 0 aromatic carbocycles. The molecule has 12 heteroatoms. The number of fused-ring (bicyclic) bond motifs is 1. The molecule has 0 saturated carbocycles. The summed E-state index contributed by atoms with van der Waals surface area (Å²) in [5.41, 5.74) is 9.43. The first-order valence-electron chi connectivity index (χ1n) is 11.0. The van der Waals surface area contributed by atoms with Crippen molar-refractivity contribution in [2.45, 2.75) is 32.5 Å². The maximum atomic E-state index is 13.1. The molecule has 5 heterocycles. The molecule has 0 atom stereocenters. The van der Waals surface area contributed by atoms with Gasteiger partial charge in [-0.25, -0.2) is 9.97 Å². The van der Waals surface area contributed by atoms with Crippen LogP contribution in [-0.4, -0.2) is 42.3 Å². The van der Waals surface area contributed by atoms with Gasteiger partial charge < -0.3 is 15.0 Å². The van der Waals surface area contributed by atoms with Crippen LogP contribution in [0.2, 0.25) is 0 Å². The molecule has 0 saturated heterocycles. The van der Waals surface area contributed by atoms with Crippen molar-refractivity contribution in [2.24, 2.45) is 5.73 Å². The van der Waals surface area contributed by atoms with Crippen molar-refractivity contribution in [1.29, 1.82) is 0 Å². The molecule has 0 aliphatic rings. The first kappa shape index (κ1) is 23.1. The summed E-state index contributed by atoms with van der Waals surface area (Å²) in [6.45, 7) is 5.18. The fourth-order valence-corrected chi connectivity index (χ4v) is 5.48. The predicted molar refractivity (Wildman–Crippen MR) is 136 cm³/mol. The van der Waals surface area contributed by atoms with Gasteiger partial charge in [-0.05, 0) is 64.7 Å². The van der Waals surface area contributed by atoms with E-state index in [2.05, 4.69) is 20.4 Å². The molecule has 0 aliphatic carbocycles. The van der Waals surface area contributed by atoms with Gasteiger partial charge in [0.25, 0.3) is 5.91 Å². The zero-order valence-electron chi connectivity index (χ0n) is 19.4. The fourth-order valence-electron chi connectivity index (χ4n) is 4.05. The van der Waals surface area contributed by atoms with Crippen LogP contribution >= 0.6 is 22.7 Å². The molecule has 180 valence electrons. The Bertz CT molecular complexity index is 1440. The lowest BCUT2D eigenvalue weighted by molar-refractivity contribution is 0.102. The smallest absolute Gasteiger partial charge is 0.263 e. The zero-order chi connectivity index (χ0) is 24.6. The Hall–Kier alpha value is -3.61. The number of hydrogen-bond donors (Lipinski definition) is 2. The van der Waals surface area contributed by atoms with Crippen molar-refractivity contribution in [3.05, 3.63) is 68.6 Å². The number of methoxy groups -OCH3 is 1. The van der Waals surface area contributed by atoms with E-state index in [0.29, 0.717) is 30.1 Å². The maximum absolute atomic E-state index is 13.1. The number of pyridine rings is 1. The van der Waals surface area contributed by atoms with Crippen LogP contribution in [0.3, 0.4) is 0 Å². The number of nitrogens with one attached hydrogen (secondary N) is 1. The van der Waals surface area contributed by atoms with Gasteiger partial charge in [0.15, 0.2) is 5.65 Å². The highest BCUT2D eigenvalue weighted by atomic mass is 32.1. The summed E-state index contributed by atoms with van der Waals surface area (Å²) in [6.07, 6.45) is 1.56. The summed E-state index contributed by atoms with van der Waals surface area (Å²) in [4.78, 5) is 26.7. The average Bonchev–Trinajstić information content (AvgIpc) is 3.69. The third-order valence-electron chi connectivity index (χ3n) is 5.85. The number of imidazole rings is 1. The molecule has 0 fully saturated rings. The number of thiophene rings is 2. The molecule has 0 spiro atoms. The van der Waals surface area contributed by atoms with Gasteiger partial charge in [-0.2, -0.15) is 27.7 Å². The molecule has 35 heavy (non-hydrogen) atoms. The Morgan fingerprint density at radius 3 is 2.40 bits per heavy atom. The normalized spacial score (nSPS) is 11.8. The van der Waals surface area contributed by atoms with E-state index in [1.54, 1.807) is 39.7 Å². The van der Waals surface area contributed by atoms with Crippen LogP contribution in [0.4, 0.5) is 5.95 Å². The molecule has 5 aromatic rings. The van der Waals surface area contributed by atoms with Crippen LogP contribution in [0.1, 0.15) is 41.2 Å². The molecule has 0 unspecified atom stereocenters. The molecule has 0 aliphatic heterocycles. The van der Waals surface area contributed by atoms with Gasteiger partial charge in [0.1, 0.15) is 23.3 Å². The highest BCUT2D eigenvalue weighted by Gasteiger charge is 2.38. The van der Waals surface area contributed by atoms with E-state index in [1.807, 2.05) is 52.1 Å². The van der Waals surface area contributed by atoms with E-state index in [1.165, 1.54) is 7.11 Å². The summed E-state index contributed by atoms with van der Waals surface area (Å²) >= 11 is 3.16. The standard InChI is InChI=1S/C23H24N8O2S2/c1-4-30-13-25-22(29-30)28-19(32)16-10-17-18(26-20(16)33-3)27-21(31(17)5-2)23(24,14-6-8-34-11-14)15-7-9-35-12-15/h6-13H,4-5,24H2,1-3H3,(H,28,29,32). The minimum Gasteiger partial charge on any atom is -0.480 e. The number of nitrogens with zero attached hydrogens (tertiary/aromatic N) is 6. The highest BCUT2D eigenvalue weighted by Crippen LogP contribution is 2.38. The summed E-state index contributed by atoms with van der Waals surface area (Å²) in [5, 5.41) is 15.0. The van der Waals surface area contributed by atoms with Gasteiger partial charge in [-0.1, -0.05) is 0 Å². The number of carbonyl (C=O) groups excluding carboxylic acids is 1. The Morgan fingerprint density at radius 2 is 1.86 bits per heavy atom. The van der Waals surface area contributed by atoms with E-state index < -0.39 is 11.4 Å². The lowest BCUT2D eigenvalue weighted by atomic mass is 9.86. The number of rotatable bonds is 8. The second kappa shape index (κ2) is 9.21. The van der Waals surface area contributed by atoms with Gasteiger partial charge in [-0.3, -0.25) is 14.8 Å². The molecule has 5 aromatic heterocycles. The average molecular weight is 509 g/mol. The monoisotopic (exact) mass is 508 g/mol. The zero-order valence-corrected chi connectivity index (χ0v) is 21.1. The number of carbonyl (C=O) groups is 1. The molecule has 0 bridgehead atoms. The number of amides is 1. The number of hydrogen-bond acceptors (Lipinski definition) is 9. The van der Waals surface area contributed by atoms with Crippen molar-refractivity contribution >= 4 is 45.7 Å². The van der Waals surface area contributed by atoms with Crippen LogP contribution in [0.5, 0.6) is 5.88 Å². The molecule has 10 nitrogen and oxygen atoms in total. The van der Waals surface area contributed by atoms with E-state index >= 15 is 0 Å². The first-order valence-corrected chi connectivity index (χ1v) is 12.9. The minimum atomic E-state index is -0.983. The van der Waals surface area contributed by atoms with Crippen molar-refractivity contribution < 1.29 is 9.53 Å². The number of anilines is 1. The maximum Gasteiger partial charge on any atom is 0.263 e. The lowest BCUT2D eigenvalue weighted by Crippen LogP contribution is -2.41. The molecule has 5 rings (SSSR count). The number of ether oxygens (including phenoxy) is 1. The van der Waals surface area contributed by atoms with Crippen molar-refractivity contribution in [1.82, 2.24) is 29.3 Å². The lowest BCUT2D eigenvalue weighted by Gasteiger charge is -2.28. The Kier molecular flexibility index (Phi) is 6.09. The summed E-state index contributed by atoms with van der Waals surface area (Å²) in [7, 11) is 1.47. The van der Waals surface area contributed by atoms with Gasteiger partial charge >= 0.3 is 0 Å². The van der Waals surface area contributed by atoms with Crippen LogP contribution in [0.15, 0.2) is 46.0 Å². The molecular weight excluding hydrogens is 484 g/mol. The van der Waals surface area contributed by atoms with E-state index in [9.17, 15) is 4.79 Å². The quantitative estimate of drug-likeness (QED) is 0.327. The largest absolute Gasteiger partial charge is 0.480 e. The molecule has 0 radical (unpaired) electrons. The highest BCUT2D eigenvalue weighted by molar-refractivity contribution is 7.08. The Balaban J connectivity index is 1.65. The van der Waals surface area contributed by atoms with Gasteiger partial charge in [0.05, 0.1) is 12.6 Å². The Morgan fingerprint density at radius 1 is 1.14 bits per heavy atom. The number of aromatic nitrogens is 6. The van der Waals surface area contributed by atoms with E-state index in [-0.39, 0.29) is 17.4 Å². The van der Waals surface area contributed by atoms with E-state index in [4.69, 9.17) is 15.5 Å². The van der Waals surface area contributed by atoms with Crippen LogP contribution < -0.4 is 15.8 Å². The fraction of sp³-hybridized carbons (Fsp3) is 0.261. The number of nitrogens with two attached hydrogens (primary N) is 1. The summed E-state index contributed by atoms with van der Waals surface area (Å²) in [5.74, 6) is 0.581. The third-order valence-corrected chi connectivity index (χ3v) is 7.22. The van der Waals surface area contributed by atoms with Gasteiger partial charge in [0.2, 0.25) is 11.8 Å². The van der Waals surface area contributed by atoms with Crippen molar-refractivity contribution in [2.75, 3.05) is 12.4 Å². The van der Waals surface area contributed by atoms with Crippen LogP contribution in [0, 0.1) is 0 Å². The molecule has 3 N–H and O–H groups in total. The van der Waals surface area contributed by atoms with Gasteiger partial charge in [-0.15, -0.1) is 5.10 Å². The van der Waals surface area contributed by atoms with Gasteiger partial charge in [0, 0.05) is 13.1 Å². The third kappa shape index (κ3) is 3.89. The molecular formula is C23H24N8O2S2. The number of aryl methyl sites for hydroxylation is 2. The predicted octanol–water partition coefficient (Wildman–Crippen LogP) is 3.70.